The Hall–Kier alpha value is -3.61. The first-order chi connectivity index (χ1) is 14.9. The van der Waals surface area contributed by atoms with Crippen molar-refractivity contribution in [2.45, 2.75) is 18.8 Å². The molecule has 160 valence electrons. The highest BCUT2D eigenvalue weighted by Gasteiger charge is 2.45. The van der Waals surface area contributed by atoms with E-state index < -0.39 is 35.9 Å². The number of hydrogen-bond acceptors (Lipinski definition) is 6. The quantitative estimate of drug-likeness (QED) is 0.498. The first-order valence-corrected chi connectivity index (χ1v) is 9.39. The van der Waals surface area contributed by atoms with Gasteiger partial charge >= 0.3 is 0 Å². The number of nitriles is 1. The van der Waals surface area contributed by atoms with Crippen molar-refractivity contribution in [1.29, 1.82) is 5.26 Å². The van der Waals surface area contributed by atoms with E-state index in [1.807, 2.05) is 6.07 Å². The van der Waals surface area contributed by atoms with Gasteiger partial charge in [-0.05, 0) is 36.4 Å². The summed E-state index contributed by atoms with van der Waals surface area (Å²) in [7, 11) is 2.73. The maximum Gasteiger partial charge on any atom is 0.257 e. The lowest BCUT2D eigenvalue weighted by Crippen LogP contribution is -2.49. The van der Waals surface area contributed by atoms with Gasteiger partial charge in [0.25, 0.3) is 11.8 Å². The van der Waals surface area contributed by atoms with E-state index in [4.69, 9.17) is 14.7 Å². The van der Waals surface area contributed by atoms with Crippen molar-refractivity contribution in [3.63, 3.8) is 0 Å². The molecule has 2 aromatic rings. The number of hydrogen-bond donors (Lipinski definition) is 0. The lowest BCUT2D eigenvalue weighted by atomic mass is 10.1. The normalized spacial score (nSPS) is 16.0. The number of amides is 3. The molecular formula is C22H20FN3O5. The van der Waals surface area contributed by atoms with E-state index in [0.717, 1.165) is 15.9 Å². The maximum atomic E-state index is 14.3. The minimum Gasteiger partial charge on any atom is -0.354 e. The number of anilines is 1. The maximum absolute atomic E-state index is 14.3. The van der Waals surface area contributed by atoms with Crippen molar-refractivity contribution in [2.75, 3.05) is 25.7 Å². The Balaban J connectivity index is 1.95. The fraction of sp³-hybridized carbons (Fsp3) is 0.273. The lowest BCUT2D eigenvalue weighted by Gasteiger charge is -2.30. The summed E-state index contributed by atoms with van der Waals surface area (Å²) in [5.74, 6) is -2.66. The van der Waals surface area contributed by atoms with Crippen LogP contribution in [0.3, 0.4) is 0 Å². The van der Waals surface area contributed by atoms with Crippen LogP contribution in [0.2, 0.25) is 0 Å². The first-order valence-electron chi connectivity index (χ1n) is 9.39. The molecule has 1 aliphatic rings. The van der Waals surface area contributed by atoms with Gasteiger partial charge in [0.1, 0.15) is 11.9 Å². The van der Waals surface area contributed by atoms with Crippen molar-refractivity contribution in [1.82, 2.24) is 4.90 Å². The third-order valence-electron chi connectivity index (χ3n) is 4.99. The summed E-state index contributed by atoms with van der Waals surface area (Å²) in [4.78, 5) is 41.0. The van der Waals surface area contributed by atoms with E-state index in [2.05, 4.69) is 0 Å². The molecule has 0 N–H and O–H groups in total. The van der Waals surface area contributed by atoms with Crippen LogP contribution in [0.25, 0.3) is 0 Å². The van der Waals surface area contributed by atoms with Crippen LogP contribution in [-0.4, -0.2) is 55.7 Å². The molecule has 31 heavy (non-hydrogen) atoms. The third kappa shape index (κ3) is 4.45. The molecule has 1 unspecified atom stereocenters. The minimum atomic E-state index is -1.16. The third-order valence-corrected chi connectivity index (χ3v) is 4.99. The Kier molecular flexibility index (Phi) is 6.74. The number of methoxy groups -OCH3 is 2. The SMILES string of the molecule is COC(CN(C(=O)c1ccccc1F)C1CC(=O)N(c2ccc(C#N)cc2)C1=O)OC. The molecular weight excluding hydrogens is 405 g/mol. The van der Waals surface area contributed by atoms with Crippen molar-refractivity contribution >= 4 is 23.4 Å². The Morgan fingerprint density at radius 1 is 1.19 bits per heavy atom. The van der Waals surface area contributed by atoms with Gasteiger partial charge in [-0.1, -0.05) is 12.1 Å². The summed E-state index contributed by atoms with van der Waals surface area (Å²) >= 11 is 0. The van der Waals surface area contributed by atoms with Gasteiger partial charge in [-0.15, -0.1) is 0 Å². The zero-order valence-electron chi connectivity index (χ0n) is 16.9. The molecule has 9 heteroatoms. The van der Waals surface area contributed by atoms with E-state index in [9.17, 15) is 18.8 Å². The summed E-state index contributed by atoms with van der Waals surface area (Å²) in [6.45, 7) is -0.189. The monoisotopic (exact) mass is 425 g/mol. The number of carbonyl (C=O) groups is 3. The van der Waals surface area contributed by atoms with E-state index in [1.165, 1.54) is 56.7 Å². The zero-order chi connectivity index (χ0) is 22.5. The van der Waals surface area contributed by atoms with Gasteiger partial charge in [0.15, 0.2) is 6.29 Å². The highest BCUT2D eigenvalue weighted by Crippen LogP contribution is 2.27. The van der Waals surface area contributed by atoms with Crippen LogP contribution in [0.1, 0.15) is 22.3 Å². The smallest absolute Gasteiger partial charge is 0.257 e. The van der Waals surface area contributed by atoms with Crippen molar-refractivity contribution in [3.8, 4) is 6.07 Å². The van der Waals surface area contributed by atoms with Crippen LogP contribution in [0.5, 0.6) is 0 Å². The Morgan fingerprint density at radius 2 is 1.84 bits per heavy atom. The van der Waals surface area contributed by atoms with Crippen LogP contribution < -0.4 is 4.90 Å². The Morgan fingerprint density at radius 3 is 2.42 bits per heavy atom. The summed E-state index contributed by atoms with van der Waals surface area (Å²) in [6, 6.07) is 12.1. The van der Waals surface area contributed by atoms with Crippen molar-refractivity contribution < 1.29 is 28.2 Å². The molecule has 1 atom stereocenters. The first kappa shape index (κ1) is 22.1. The summed E-state index contributed by atoms with van der Waals surface area (Å²) in [6.07, 6.45) is -1.17. The molecule has 3 amide bonds. The molecule has 0 saturated carbocycles. The molecule has 3 rings (SSSR count). The van der Waals surface area contributed by atoms with Crippen LogP contribution in [-0.2, 0) is 19.1 Å². The van der Waals surface area contributed by atoms with Gasteiger partial charge in [0, 0.05) is 14.2 Å². The Bertz CT molecular complexity index is 1030. The number of ether oxygens (including phenoxy) is 2. The number of rotatable bonds is 7. The predicted molar refractivity (Wildman–Crippen MR) is 107 cm³/mol. The standard InChI is InChI=1S/C22H20FN3O5/c1-30-20(31-2)13-25(21(28)16-5-3-4-6-17(16)23)18-11-19(27)26(22(18)29)15-9-7-14(12-24)8-10-15/h3-10,18,20H,11,13H2,1-2H3. The van der Waals surface area contributed by atoms with Crippen molar-refractivity contribution in [2.24, 2.45) is 0 Å². The average Bonchev–Trinajstić information content (AvgIpc) is 3.08. The predicted octanol–water partition coefficient (Wildman–Crippen LogP) is 2.09. The number of nitrogens with zero attached hydrogens (tertiary/aromatic N) is 3. The largest absolute Gasteiger partial charge is 0.354 e. The molecule has 1 saturated heterocycles. The molecule has 1 heterocycles. The zero-order valence-corrected chi connectivity index (χ0v) is 16.9. The minimum absolute atomic E-state index is 0.189. The number of halogens is 1. The fourth-order valence-corrected chi connectivity index (χ4v) is 3.36. The Labute approximate surface area is 178 Å². The molecule has 0 radical (unpaired) electrons. The van der Waals surface area contributed by atoms with Crippen LogP contribution in [0.4, 0.5) is 10.1 Å². The average molecular weight is 425 g/mol. The van der Waals surface area contributed by atoms with Gasteiger partial charge < -0.3 is 14.4 Å². The van der Waals surface area contributed by atoms with E-state index >= 15 is 0 Å². The molecule has 1 aliphatic heterocycles. The van der Waals surface area contributed by atoms with Crippen molar-refractivity contribution in [3.05, 3.63) is 65.5 Å². The molecule has 2 aromatic carbocycles. The molecule has 0 bridgehead atoms. The fourth-order valence-electron chi connectivity index (χ4n) is 3.36. The van der Waals surface area contributed by atoms with E-state index in [1.54, 1.807) is 0 Å². The lowest BCUT2D eigenvalue weighted by molar-refractivity contribution is -0.128. The second-order valence-corrected chi connectivity index (χ2v) is 6.78. The molecule has 1 fully saturated rings. The summed E-state index contributed by atoms with van der Waals surface area (Å²) < 4.78 is 24.6. The molecule has 0 spiro atoms. The number of imide groups is 1. The number of carbonyl (C=O) groups excluding carboxylic acids is 3. The van der Waals surface area contributed by atoms with Gasteiger partial charge in [-0.25, -0.2) is 9.29 Å². The van der Waals surface area contributed by atoms with Gasteiger partial charge in [0.05, 0.1) is 35.8 Å². The van der Waals surface area contributed by atoms with E-state index in [-0.39, 0.29) is 24.2 Å². The molecule has 0 aliphatic carbocycles. The van der Waals surface area contributed by atoms with Gasteiger partial charge in [-0.3, -0.25) is 14.4 Å². The summed E-state index contributed by atoms with van der Waals surface area (Å²) in [5, 5.41) is 8.94. The topological polar surface area (TPSA) is 99.9 Å². The second-order valence-electron chi connectivity index (χ2n) is 6.78. The highest BCUT2D eigenvalue weighted by atomic mass is 19.1. The van der Waals surface area contributed by atoms with Crippen LogP contribution in [0, 0.1) is 17.1 Å². The summed E-state index contributed by atoms with van der Waals surface area (Å²) in [5.41, 5.74) is 0.425. The van der Waals surface area contributed by atoms with Crippen LogP contribution >= 0.6 is 0 Å². The molecule has 0 aromatic heterocycles. The van der Waals surface area contributed by atoms with E-state index in [0.29, 0.717) is 5.56 Å². The number of benzene rings is 2. The highest BCUT2D eigenvalue weighted by molar-refractivity contribution is 6.23. The van der Waals surface area contributed by atoms with Gasteiger partial charge in [0.2, 0.25) is 5.91 Å². The van der Waals surface area contributed by atoms with Crippen LogP contribution in [0.15, 0.2) is 48.5 Å². The van der Waals surface area contributed by atoms with Gasteiger partial charge in [-0.2, -0.15) is 5.26 Å². The second kappa shape index (κ2) is 9.47. The molecule has 8 nitrogen and oxygen atoms in total.